The predicted molar refractivity (Wildman–Crippen MR) is 100 cm³/mol. The number of alkyl halides is 3. The SMILES string of the molecule is CCOC(=O)CCCCCO/N=C(\c1ccnnc1)c1cccc(C(F)(F)F)c1. The summed E-state index contributed by atoms with van der Waals surface area (Å²) in [6, 6.07) is 6.45. The number of esters is 1. The van der Waals surface area contributed by atoms with Crippen molar-refractivity contribution in [2.75, 3.05) is 13.2 Å². The van der Waals surface area contributed by atoms with Gasteiger partial charge in [0, 0.05) is 17.5 Å². The molecule has 29 heavy (non-hydrogen) atoms. The largest absolute Gasteiger partial charge is 0.466 e. The summed E-state index contributed by atoms with van der Waals surface area (Å²) < 4.78 is 44.0. The topological polar surface area (TPSA) is 73.7 Å². The standard InChI is InChI=1S/C20H22F3N3O3/c1-2-28-18(27)9-4-3-5-12-29-26-19(16-10-11-24-25-14-16)15-7-6-8-17(13-15)20(21,22)23/h6-8,10-11,13-14H,2-5,9,12H2,1H3/b26-19-. The van der Waals surface area contributed by atoms with E-state index in [0.29, 0.717) is 31.4 Å². The highest BCUT2D eigenvalue weighted by Crippen LogP contribution is 2.30. The molecule has 0 bridgehead atoms. The van der Waals surface area contributed by atoms with Crippen molar-refractivity contribution in [1.29, 1.82) is 0 Å². The quantitative estimate of drug-likeness (QED) is 0.252. The molecular weight excluding hydrogens is 387 g/mol. The molecular formula is C20H22F3N3O3. The van der Waals surface area contributed by atoms with Gasteiger partial charge in [-0.2, -0.15) is 23.4 Å². The van der Waals surface area contributed by atoms with Gasteiger partial charge in [0.15, 0.2) is 0 Å². The molecule has 2 aromatic rings. The van der Waals surface area contributed by atoms with Crippen LogP contribution in [0.4, 0.5) is 13.2 Å². The van der Waals surface area contributed by atoms with Crippen LogP contribution in [-0.2, 0) is 20.5 Å². The van der Waals surface area contributed by atoms with Gasteiger partial charge in [-0.3, -0.25) is 4.79 Å². The van der Waals surface area contributed by atoms with Crippen molar-refractivity contribution in [1.82, 2.24) is 10.2 Å². The number of hydrogen-bond acceptors (Lipinski definition) is 6. The minimum atomic E-state index is -4.46. The fourth-order valence-corrected chi connectivity index (χ4v) is 2.50. The molecule has 1 aromatic carbocycles. The molecule has 2 rings (SSSR count). The zero-order valence-electron chi connectivity index (χ0n) is 16.0. The first-order valence-corrected chi connectivity index (χ1v) is 9.22. The monoisotopic (exact) mass is 409 g/mol. The maximum absolute atomic E-state index is 13.0. The summed E-state index contributed by atoms with van der Waals surface area (Å²) in [4.78, 5) is 16.6. The first-order valence-electron chi connectivity index (χ1n) is 9.22. The van der Waals surface area contributed by atoms with Crippen LogP contribution in [-0.4, -0.2) is 35.1 Å². The molecule has 6 nitrogen and oxygen atoms in total. The smallest absolute Gasteiger partial charge is 0.416 e. The lowest BCUT2D eigenvalue weighted by Gasteiger charge is -2.11. The number of aromatic nitrogens is 2. The number of carbonyl (C=O) groups is 1. The number of unbranched alkanes of at least 4 members (excludes halogenated alkanes) is 2. The Morgan fingerprint density at radius 2 is 1.93 bits per heavy atom. The van der Waals surface area contributed by atoms with Crippen LogP contribution >= 0.6 is 0 Å². The average molecular weight is 409 g/mol. The van der Waals surface area contributed by atoms with Gasteiger partial charge in [-0.15, -0.1) is 0 Å². The normalized spacial score (nSPS) is 11.9. The molecule has 0 aliphatic heterocycles. The van der Waals surface area contributed by atoms with Crippen LogP contribution in [0.1, 0.15) is 49.3 Å². The van der Waals surface area contributed by atoms with Gasteiger partial charge in [0.25, 0.3) is 0 Å². The summed E-state index contributed by atoms with van der Waals surface area (Å²) in [5.74, 6) is -0.233. The summed E-state index contributed by atoms with van der Waals surface area (Å²) in [6.07, 6.45) is 0.764. The molecule has 0 N–H and O–H groups in total. The zero-order chi connectivity index (χ0) is 21.1. The van der Waals surface area contributed by atoms with Crippen molar-refractivity contribution in [3.63, 3.8) is 0 Å². The maximum atomic E-state index is 13.0. The Hall–Kier alpha value is -2.97. The lowest BCUT2D eigenvalue weighted by molar-refractivity contribution is -0.143. The van der Waals surface area contributed by atoms with Crippen molar-refractivity contribution in [2.24, 2.45) is 5.16 Å². The number of rotatable bonds is 10. The molecule has 0 atom stereocenters. The number of oxime groups is 1. The number of ether oxygens (including phenoxy) is 1. The van der Waals surface area contributed by atoms with Crippen LogP contribution in [0.25, 0.3) is 0 Å². The Morgan fingerprint density at radius 3 is 2.62 bits per heavy atom. The van der Waals surface area contributed by atoms with E-state index in [9.17, 15) is 18.0 Å². The lowest BCUT2D eigenvalue weighted by atomic mass is 10.0. The Morgan fingerprint density at radius 1 is 1.10 bits per heavy atom. The van der Waals surface area contributed by atoms with Crippen LogP contribution in [0.3, 0.4) is 0 Å². The van der Waals surface area contributed by atoms with Crippen LogP contribution in [0.5, 0.6) is 0 Å². The van der Waals surface area contributed by atoms with E-state index in [2.05, 4.69) is 15.4 Å². The van der Waals surface area contributed by atoms with Gasteiger partial charge in [0.05, 0.1) is 24.6 Å². The Bertz CT molecular complexity index is 811. The van der Waals surface area contributed by atoms with Gasteiger partial charge in [0.2, 0.25) is 0 Å². The number of hydrogen-bond donors (Lipinski definition) is 0. The third-order valence-electron chi connectivity index (χ3n) is 3.90. The molecule has 1 aromatic heterocycles. The molecule has 0 saturated heterocycles. The molecule has 0 radical (unpaired) electrons. The van der Waals surface area contributed by atoms with E-state index in [1.165, 1.54) is 24.5 Å². The summed E-state index contributed by atoms with van der Waals surface area (Å²) in [5.41, 5.74) is 0.206. The fourth-order valence-electron chi connectivity index (χ4n) is 2.50. The van der Waals surface area contributed by atoms with Crippen LogP contribution in [0.2, 0.25) is 0 Å². The van der Waals surface area contributed by atoms with E-state index in [0.717, 1.165) is 18.6 Å². The lowest BCUT2D eigenvalue weighted by Crippen LogP contribution is -2.10. The first-order chi connectivity index (χ1) is 13.9. The molecule has 0 aliphatic carbocycles. The molecule has 0 amide bonds. The van der Waals surface area contributed by atoms with Crippen LogP contribution < -0.4 is 0 Å². The predicted octanol–water partition coefficient (Wildman–Crippen LogP) is 4.39. The molecule has 0 fully saturated rings. The molecule has 0 saturated carbocycles. The minimum absolute atomic E-state index is 0.233. The van der Waals surface area contributed by atoms with Gasteiger partial charge >= 0.3 is 12.1 Å². The molecule has 9 heteroatoms. The van der Waals surface area contributed by atoms with Gasteiger partial charge in [-0.1, -0.05) is 17.3 Å². The fraction of sp³-hybridized carbons (Fsp3) is 0.400. The summed E-state index contributed by atoms with van der Waals surface area (Å²) in [5, 5.41) is 11.5. The molecule has 0 unspecified atom stereocenters. The number of benzene rings is 1. The molecule has 0 spiro atoms. The minimum Gasteiger partial charge on any atom is -0.466 e. The maximum Gasteiger partial charge on any atom is 0.416 e. The average Bonchev–Trinajstić information content (AvgIpc) is 2.70. The highest BCUT2D eigenvalue weighted by Gasteiger charge is 2.30. The van der Waals surface area contributed by atoms with Crippen LogP contribution in [0.15, 0.2) is 47.9 Å². The van der Waals surface area contributed by atoms with Crippen LogP contribution in [0, 0.1) is 0 Å². The molecule has 156 valence electrons. The van der Waals surface area contributed by atoms with E-state index in [1.807, 2.05) is 0 Å². The summed E-state index contributed by atoms with van der Waals surface area (Å²) in [7, 11) is 0. The van der Waals surface area contributed by atoms with Crippen molar-refractivity contribution < 1.29 is 27.5 Å². The van der Waals surface area contributed by atoms with E-state index in [-0.39, 0.29) is 23.9 Å². The van der Waals surface area contributed by atoms with Gasteiger partial charge in [0.1, 0.15) is 12.3 Å². The second-order valence-electron chi connectivity index (χ2n) is 6.10. The second kappa shape index (κ2) is 11.1. The number of carbonyl (C=O) groups excluding carboxylic acids is 1. The van der Waals surface area contributed by atoms with E-state index >= 15 is 0 Å². The van der Waals surface area contributed by atoms with E-state index in [4.69, 9.17) is 9.57 Å². The highest BCUT2D eigenvalue weighted by molar-refractivity contribution is 6.12. The summed E-state index contributed by atoms with van der Waals surface area (Å²) in [6.45, 7) is 2.38. The van der Waals surface area contributed by atoms with Crippen molar-refractivity contribution in [2.45, 2.75) is 38.8 Å². The van der Waals surface area contributed by atoms with Crippen molar-refractivity contribution in [3.8, 4) is 0 Å². The molecule has 0 aliphatic rings. The van der Waals surface area contributed by atoms with Gasteiger partial charge in [-0.05, 0) is 44.4 Å². The van der Waals surface area contributed by atoms with Crippen molar-refractivity contribution in [3.05, 3.63) is 59.4 Å². The molecule has 1 heterocycles. The van der Waals surface area contributed by atoms with E-state index < -0.39 is 11.7 Å². The number of nitrogens with zero attached hydrogens (tertiary/aromatic N) is 3. The third kappa shape index (κ3) is 7.52. The Labute approximate surface area is 166 Å². The van der Waals surface area contributed by atoms with E-state index in [1.54, 1.807) is 13.0 Å². The number of halogens is 3. The Balaban J connectivity index is 2.02. The third-order valence-corrected chi connectivity index (χ3v) is 3.90. The highest BCUT2D eigenvalue weighted by atomic mass is 19.4. The Kier molecular flexibility index (Phi) is 8.57. The van der Waals surface area contributed by atoms with Gasteiger partial charge < -0.3 is 9.57 Å². The first kappa shape index (κ1) is 22.3. The summed E-state index contributed by atoms with van der Waals surface area (Å²) >= 11 is 0. The van der Waals surface area contributed by atoms with Crippen molar-refractivity contribution >= 4 is 11.7 Å². The second-order valence-corrected chi connectivity index (χ2v) is 6.10. The van der Waals surface area contributed by atoms with Gasteiger partial charge in [-0.25, -0.2) is 0 Å². The zero-order valence-corrected chi connectivity index (χ0v) is 16.0.